The fourth-order valence-corrected chi connectivity index (χ4v) is 3.19. The largest absolute Gasteiger partial charge is 0.478 e. The number of benzene rings is 1. The molecule has 0 aliphatic carbocycles. The monoisotopic (exact) mass is 364 g/mol. The Morgan fingerprint density at radius 3 is 3.05 bits per heavy atom. The van der Waals surface area contributed by atoms with E-state index < -0.39 is 5.97 Å². The summed E-state index contributed by atoms with van der Waals surface area (Å²) in [6, 6.07) is 5.62. The van der Waals surface area contributed by atoms with Crippen molar-refractivity contribution in [2.75, 3.05) is 5.73 Å². The standard InChI is InChI=1S/C15H17BrN4O2/c16-11-4-3-10(17)6-9(11)7-18-8-12-14(15(21)22)13-2-1-5-20(13)19-12/h3-4,6,18H,1-2,5,7-8,17H2,(H,21,22). The van der Waals surface area contributed by atoms with Gasteiger partial charge in [-0.3, -0.25) is 4.68 Å². The number of nitrogens with two attached hydrogens (primary N) is 1. The third-order valence-corrected chi connectivity index (χ3v) is 4.58. The van der Waals surface area contributed by atoms with Gasteiger partial charge in [-0.2, -0.15) is 5.10 Å². The molecule has 1 aromatic carbocycles. The maximum absolute atomic E-state index is 11.5. The molecule has 1 aliphatic heterocycles. The van der Waals surface area contributed by atoms with Crippen molar-refractivity contribution in [2.45, 2.75) is 32.5 Å². The number of carboxylic acids is 1. The van der Waals surface area contributed by atoms with E-state index in [1.54, 1.807) is 0 Å². The molecule has 0 saturated heterocycles. The predicted molar refractivity (Wildman–Crippen MR) is 86.6 cm³/mol. The first-order chi connectivity index (χ1) is 10.6. The first kappa shape index (κ1) is 15.1. The van der Waals surface area contributed by atoms with Crippen LogP contribution >= 0.6 is 15.9 Å². The van der Waals surface area contributed by atoms with Gasteiger partial charge in [-0.15, -0.1) is 0 Å². The molecule has 7 heteroatoms. The number of aromatic nitrogens is 2. The summed E-state index contributed by atoms with van der Waals surface area (Å²) in [4.78, 5) is 11.5. The smallest absolute Gasteiger partial charge is 0.339 e. The normalized spacial score (nSPS) is 13.3. The zero-order chi connectivity index (χ0) is 15.7. The molecule has 22 heavy (non-hydrogen) atoms. The van der Waals surface area contributed by atoms with E-state index in [0.29, 0.717) is 30.0 Å². The molecule has 116 valence electrons. The molecular formula is C15H17BrN4O2. The van der Waals surface area contributed by atoms with Crippen molar-refractivity contribution < 1.29 is 9.90 Å². The molecule has 2 aromatic rings. The van der Waals surface area contributed by atoms with Crippen LogP contribution in [0.2, 0.25) is 0 Å². The zero-order valence-corrected chi connectivity index (χ0v) is 13.6. The minimum Gasteiger partial charge on any atom is -0.478 e. The Bertz CT molecular complexity index is 727. The van der Waals surface area contributed by atoms with Crippen molar-refractivity contribution >= 4 is 27.6 Å². The quantitative estimate of drug-likeness (QED) is 0.706. The van der Waals surface area contributed by atoms with Crippen LogP contribution in [-0.2, 0) is 26.1 Å². The van der Waals surface area contributed by atoms with E-state index in [1.165, 1.54) is 0 Å². The highest BCUT2D eigenvalue weighted by molar-refractivity contribution is 9.10. The number of fused-ring (bicyclic) bond motifs is 1. The number of halogens is 1. The van der Waals surface area contributed by atoms with Gasteiger partial charge in [-0.25, -0.2) is 4.79 Å². The van der Waals surface area contributed by atoms with Gasteiger partial charge >= 0.3 is 5.97 Å². The number of carbonyl (C=O) groups is 1. The van der Waals surface area contributed by atoms with Crippen molar-refractivity contribution in [1.29, 1.82) is 0 Å². The van der Waals surface area contributed by atoms with Gasteiger partial charge in [-0.1, -0.05) is 15.9 Å². The Morgan fingerprint density at radius 2 is 2.27 bits per heavy atom. The van der Waals surface area contributed by atoms with Crippen LogP contribution in [0.25, 0.3) is 0 Å². The molecule has 0 atom stereocenters. The molecule has 0 radical (unpaired) electrons. The molecule has 0 unspecified atom stereocenters. The summed E-state index contributed by atoms with van der Waals surface area (Å²) in [5, 5.41) is 17.1. The Morgan fingerprint density at radius 1 is 1.45 bits per heavy atom. The second-order valence-electron chi connectivity index (χ2n) is 5.35. The highest BCUT2D eigenvalue weighted by atomic mass is 79.9. The van der Waals surface area contributed by atoms with Gasteiger partial charge in [-0.05, 0) is 36.6 Å². The number of rotatable bonds is 5. The van der Waals surface area contributed by atoms with Crippen LogP contribution < -0.4 is 11.1 Å². The van der Waals surface area contributed by atoms with Gasteiger partial charge in [0.15, 0.2) is 0 Å². The van der Waals surface area contributed by atoms with E-state index in [-0.39, 0.29) is 0 Å². The molecule has 0 saturated carbocycles. The predicted octanol–water partition coefficient (Wildman–Crippen LogP) is 2.16. The molecular weight excluding hydrogens is 348 g/mol. The lowest BCUT2D eigenvalue weighted by Gasteiger charge is -2.07. The number of hydrogen-bond acceptors (Lipinski definition) is 4. The van der Waals surface area contributed by atoms with Gasteiger partial charge in [0.25, 0.3) is 0 Å². The SMILES string of the molecule is Nc1ccc(Br)c(CNCc2nn3c(c2C(=O)O)CCC3)c1. The van der Waals surface area contributed by atoms with Crippen LogP contribution in [0.1, 0.15) is 33.7 Å². The van der Waals surface area contributed by atoms with Crippen LogP contribution in [0.3, 0.4) is 0 Å². The van der Waals surface area contributed by atoms with Crippen molar-refractivity contribution in [3.63, 3.8) is 0 Å². The Hall–Kier alpha value is -1.86. The van der Waals surface area contributed by atoms with Crippen molar-refractivity contribution in [3.8, 4) is 0 Å². The van der Waals surface area contributed by atoms with Crippen molar-refractivity contribution in [3.05, 3.63) is 45.2 Å². The molecule has 4 N–H and O–H groups in total. The highest BCUT2D eigenvalue weighted by Gasteiger charge is 2.25. The number of nitrogens with zero attached hydrogens (tertiary/aromatic N) is 2. The van der Waals surface area contributed by atoms with E-state index >= 15 is 0 Å². The maximum atomic E-state index is 11.5. The third kappa shape index (κ3) is 2.86. The Balaban J connectivity index is 1.72. The van der Waals surface area contributed by atoms with E-state index in [4.69, 9.17) is 5.73 Å². The van der Waals surface area contributed by atoms with Crippen molar-refractivity contribution in [2.24, 2.45) is 0 Å². The van der Waals surface area contributed by atoms with Crippen molar-refractivity contribution in [1.82, 2.24) is 15.1 Å². The number of hydrogen-bond donors (Lipinski definition) is 3. The number of nitrogen functional groups attached to an aromatic ring is 1. The van der Waals surface area contributed by atoms with Gasteiger partial charge in [0.05, 0.1) is 11.4 Å². The first-order valence-corrected chi connectivity index (χ1v) is 7.92. The lowest BCUT2D eigenvalue weighted by atomic mass is 10.1. The topological polar surface area (TPSA) is 93.2 Å². The van der Waals surface area contributed by atoms with Gasteiger partial charge in [0, 0.05) is 29.8 Å². The number of aryl methyl sites for hydroxylation is 1. The summed E-state index contributed by atoms with van der Waals surface area (Å²) in [6.45, 7) is 1.81. The van der Waals surface area contributed by atoms with Crippen LogP contribution in [0.15, 0.2) is 22.7 Å². The molecule has 1 aromatic heterocycles. The molecule has 0 bridgehead atoms. The minimum absolute atomic E-state index is 0.358. The summed E-state index contributed by atoms with van der Waals surface area (Å²) in [5.41, 5.74) is 9.31. The average molecular weight is 365 g/mol. The second kappa shape index (κ2) is 6.10. The van der Waals surface area contributed by atoms with E-state index in [0.717, 1.165) is 35.1 Å². The molecule has 1 aliphatic rings. The van der Waals surface area contributed by atoms with E-state index in [9.17, 15) is 9.90 Å². The summed E-state index contributed by atoms with van der Waals surface area (Å²) in [6.07, 6.45) is 1.75. The molecule has 2 heterocycles. The number of carboxylic acid groups (broad SMARTS) is 1. The summed E-state index contributed by atoms with van der Waals surface area (Å²) in [5.74, 6) is -0.898. The first-order valence-electron chi connectivity index (χ1n) is 7.12. The van der Waals surface area contributed by atoms with Crippen LogP contribution in [-0.4, -0.2) is 20.9 Å². The molecule has 0 spiro atoms. The van der Waals surface area contributed by atoms with E-state index in [2.05, 4.69) is 26.3 Å². The summed E-state index contributed by atoms with van der Waals surface area (Å²) in [7, 11) is 0. The lowest BCUT2D eigenvalue weighted by molar-refractivity contribution is 0.0694. The van der Waals surface area contributed by atoms with Crippen LogP contribution in [0.4, 0.5) is 5.69 Å². The average Bonchev–Trinajstić information content (AvgIpc) is 3.02. The maximum Gasteiger partial charge on any atom is 0.339 e. The van der Waals surface area contributed by atoms with E-state index in [1.807, 2.05) is 22.9 Å². The van der Waals surface area contributed by atoms with Crippen LogP contribution in [0.5, 0.6) is 0 Å². The van der Waals surface area contributed by atoms with Gasteiger partial charge < -0.3 is 16.2 Å². The number of aromatic carboxylic acids is 1. The summed E-state index contributed by atoms with van der Waals surface area (Å²) < 4.78 is 2.79. The number of nitrogens with one attached hydrogen (secondary N) is 1. The second-order valence-corrected chi connectivity index (χ2v) is 6.21. The van der Waals surface area contributed by atoms with Crippen LogP contribution in [0, 0.1) is 0 Å². The Kier molecular flexibility index (Phi) is 4.17. The number of anilines is 1. The molecule has 0 amide bonds. The highest BCUT2D eigenvalue weighted by Crippen LogP contribution is 2.23. The third-order valence-electron chi connectivity index (χ3n) is 3.81. The fourth-order valence-electron chi connectivity index (χ4n) is 2.80. The molecule has 6 nitrogen and oxygen atoms in total. The Labute approximate surface area is 136 Å². The van der Waals surface area contributed by atoms with Gasteiger partial charge in [0.1, 0.15) is 5.56 Å². The zero-order valence-electron chi connectivity index (χ0n) is 12.0. The lowest BCUT2D eigenvalue weighted by Crippen LogP contribution is -2.16. The fraction of sp³-hybridized carbons (Fsp3) is 0.333. The minimum atomic E-state index is -0.898. The van der Waals surface area contributed by atoms with Gasteiger partial charge in [0.2, 0.25) is 0 Å². The molecule has 3 rings (SSSR count). The molecule has 0 fully saturated rings. The summed E-state index contributed by atoms with van der Waals surface area (Å²) >= 11 is 3.48.